The SMILES string of the molecule is CC(=O)[O][Hg][O]C(C)=O.CC(C)(C)[Si](C)(C)OC1CCOC1=O.CC(C)(C)[Si](C)(C)O[C@@H](CCO)C(N)=O.CC(C)(C)[Si](C)(C)O[C@@H](CCON)C(N)=O.CC(C)(C)[Si](C)(C)O[C@@H](CCON1C(=O)c2ccccc2C1=O)C(N)=O.Cc1nc(N)nc2c1C(NOCC[C@H](O)C(N)=O)=N[C@@H](c1ccc(F)cc1Br)C2.N.O=C1OCCC1O. The predicted molar refractivity (Wildman–Crippen MR) is 443 cm³/mol. The normalized spacial score (nSPS) is 16.9. The van der Waals surface area contributed by atoms with E-state index in [4.69, 9.17) is 76.9 Å². The number of cyclic esters (lactones) is 2. The number of amidine groups is 1. The number of hydrogen-bond donors (Lipinski definition) is 11. The smallest absolute Gasteiger partial charge is 0.335 e. The third kappa shape index (κ3) is 37.5. The van der Waals surface area contributed by atoms with Gasteiger partial charge in [0.15, 0.2) is 45.2 Å². The first kappa shape index (κ1) is 110. The van der Waals surface area contributed by atoms with Crippen LogP contribution in [0.5, 0.6) is 0 Å². The minimum Gasteiger partial charge on any atom is -0.464 e. The number of ether oxygens (including phenoxy) is 2. The summed E-state index contributed by atoms with van der Waals surface area (Å²) in [5.41, 5.74) is 32.9. The summed E-state index contributed by atoms with van der Waals surface area (Å²) in [5, 5.41) is 27.7. The van der Waals surface area contributed by atoms with Crippen LogP contribution in [0.15, 0.2) is 51.9 Å². The minimum absolute atomic E-state index is 0. The van der Waals surface area contributed by atoms with Crippen LogP contribution in [0.4, 0.5) is 10.3 Å². The number of aromatic nitrogens is 2. The Hall–Kier alpha value is -6.58. The number of hydrogen-bond acceptors (Lipinski definition) is 31. The number of primary amides is 4. The monoisotopic (exact) mass is 1980 g/mol. The Kier molecular flexibility index (Phi) is 46.6. The number of aliphatic hydroxyl groups is 3. The van der Waals surface area contributed by atoms with Gasteiger partial charge in [-0.15, -0.1) is 5.06 Å². The number of halogens is 2. The van der Waals surface area contributed by atoms with Crippen molar-refractivity contribution >= 4 is 120 Å². The third-order valence-electron chi connectivity index (χ3n) is 19.9. The van der Waals surface area contributed by atoms with Crippen molar-refractivity contribution in [2.45, 2.75) is 264 Å². The van der Waals surface area contributed by atoms with Gasteiger partial charge in [-0.05, 0) is 109 Å². The van der Waals surface area contributed by atoms with Crippen LogP contribution < -0.4 is 46.2 Å². The molecule has 117 heavy (non-hydrogen) atoms. The van der Waals surface area contributed by atoms with Crippen molar-refractivity contribution in [2.75, 3.05) is 45.4 Å². The second-order valence-electron chi connectivity index (χ2n) is 33.2. The van der Waals surface area contributed by atoms with Gasteiger partial charge in [0.2, 0.25) is 29.6 Å². The number of aryl methyl sites for hydroxylation is 1. The van der Waals surface area contributed by atoms with E-state index in [-0.39, 0.29) is 114 Å². The van der Waals surface area contributed by atoms with Gasteiger partial charge >= 0.3 is 78.1 Å². The molecular formula is C74H128BrFHgN12O24Si4. The Bertz CT molecular complexity index is 3780. The number of benzene rings is 2. The molecule has 7 rings (SSSR count). The Labute approximate surface area is 712 Å². The largest absolute Gasteiger partial charge is 0.464 e. The Balaban J connectivity index is 0.00000140. The fourth-order valence-corrected chi connectivity index (χ4v) is 16.3. The van der Waals surface area contributed by atoms with Crippen molar-refractivity contribution in [1.82, 2.24) is 26.7 Å². The number of hydroxylamine groups is 3. The van der Waals surface area contributed by atoms with E-state index in [1.165, 1.54) is 26.0 Å². The van der Waals surface area contributed by atoms with Crippen molar-refractivity contribution in [3.63, 3.8) is 0 Å². The maximum atomic E-state index is 13.5. The average Bonchev–Trinajstić information content (AvgIpc) is 0.843. The first-order valence-corrected chi connectivity index (χ1v) is 54.4. The number of nitrogens with one attached hydrogen (secondary N) is 1. The maximum absolute atomic E-state index is 13.5. The van der Waals surface area contributed by atoms with E-state index in [0.29, 0.717) is 77.3 Å². The number of nitrogens with zero attached hydrogens (tertiary/aromatic N) is 4. The second-order valence-corrected chi connectivity index (χ2v) is 56.3. The van der Waals surface area contributed by atoms with Crippen LogP contribution in [0, 0.1) is 12.7 Å². The number of aliphatic hydroxyl groups excluding tert-OH is 3. The van der Waals surface area contributed by atoms with E-state index in [1.807, 2.05) is 13.1 Å². The first-order valence-electron chi connectivity index (χ1n) is 37.5. The van der Waals surface area contributed by atoms with Crippen LogP contribution >= 0.6 is 15.9 Å². The summed E-state index contributed by atoms with van der Waals surface area (Å²) in [7, 11) is -7.97. The van der Waals surface area contributed by atoms with Crippen LogP contribution in [0.3, 0.4) is 0 Å². The number of imide groups is 1. The number of carbonyl (C=O) groups is 10. The molecule has 0 aliphatic carbocycles. The van der Waals surface area contributed by atoms with Crippen molar-refractivity contribution in [1.29, 1.82) is 0 Å². The quantitative estimate of drug-likeness (QED) is 0.0109. The molecule has 4 aliphatic rings. The first-order chi connectivity index (χ1) is 53.1. The number of carbonyl (C=O) groups excluding carboxylic acids is 10. The van der Waals surface area contributed by atoms with Crippen LogP contribution in [-0.2, 0) is 117 Å². The van der Waals surface area contributed by atoms with Crippen LogP contribution in [0.2, 0.25) is 72.5 Å². The van der Waals surface area contributed by atoms with Crippen LogP contribution in [0.1, 0.15) is 185 Å². The molecule has 36 nitrogen and oxygen atoms in total. The number of fused-ring (bicyclic) bond motifs is 2. The fraction of sp³-hybridized carbons (Fsp3) is 0.635. The molecule has 4 aliphatic heterocycles. The fourth-order valence-electron chi connectivity index (χ4n) is 9.02. The van der Waals surface area contributed by atoms with Gasteiger partial charge in [0.25, 0.3) is 11.8 Å². The Morgan fingerprint density at radius 2 is 1.10 bits per heavy atom. The molecule has 0 bridgehead atoms. The number of esters is 2. The molecule has 5 heterocycles. The summed E-state index contributed by atoms with van der Waals surface area (Å²) >= 11 is 1.33. The number of rotatable bonds is 28. The summed E-state index contributed by atoms with van der Waals surface area (Å²) in [6.07, 6.45) is -2.07. The molecule has 2 unspecified atom stereocenters. The van der Waals surface area contributed by atoms with E-state index in [9.17, 15) is 57.4 Å². The molecular weight excluding hydrogens is 1850 g/mol. The van der Waals surface area contributed by atoms with Gasteiger partial charge in [-0.2, -0.15) is 0 Å². The zero-order chi connectivity index (χ0) is 89.6. The van der Waals surface area contributed by atoms with Gasteiger partial charge in [-0.25, -0.2) is 35.3 Å². The molecule has 43 heteroatoms. The molecule has 660 valence electrons. The predicted octanol–water partition coefficient (Wildman–Crippen LogP) is 7.74. The molecule has 0 radical (unpaired) electrons. The standard InChI is InChI=1S/C18H20BrFN6O3.C18H26N2O5Si.C10H24N2O3Si.C10H23NO3Si.C10H20O3Si.C4H6O3.2C2H4O2.Hg.H3N/c1-8-15-13(25-18(22)23-8)7-12(10-3-2-9(20)6-11(10)19)24-17(15)26-29-5-4-14(27)16(21)28;1-18(2,3)26(4,5)25-14(15(19)21)10-11-24-20-16(22)12-8-6-7-9-13(12)17(20)23;1-10(2,3)16(4,5)15-8(9(11)13)6-7-14-12;1-10(2,3)15(4,5)14-8(6-7-12)9(11)13;1-10(2,3)14(4,5)13-8-6-7-12-9(8)11;5-3-1-2-7-4(3)6;2*1-2(3)4;;/h2-3,6,12,14,27H,4-5,7H2,1H3,(H2,21,28)(H,24,26)(H2,22,23,25);6-9,14H,10-11H2,1-5H3,(H2,19,21);8H,6-7,12H2,1-5H3,(H2,11,13);8,12H,6-7H2,1-5H3,(H2,11,13);8H,6-7H2,1-5H3;3,5H,1-2H2;2*1H3,(H,3,4);;1H3/q;;;;;;;;+2;/p-2/t12-,14+;14-;2*8-;;;;;;/m1000....../s1. The molecule has 0 saturated carbocycles. The topological polar surface area (TPSA) is 577 Å². The molecule has 19 N–H and O–H groups in total. The summed E-state index contributed by atoms with van der Waals surface area (Å²) in [6.45, 7) is 47.3. The molecule has 2 aromatic carbocycles. The zero-order valence-electron chi connectivity index (χ0n) is 72.1. The van der Waals surface area contributed by atoms with E-state index in [1.54, 1.807) is 37.3 Å². The third-order valence-corrected chi connectivity index (χ3v) is 42.6. The summed E-state index contributed by atoms with van der Waals surface area (Å²) in [6, 6.07) is 10.5. The number of anilines is 1. The summed E-state index contributed by atoms with van der Waals surface area (Å²) in [5.74, 6) is 0.316. The summed E-state index contributed by atoms with van der Waals surface area (Å²) in [4.78, 5) is 139. The van der Waals surface area contributed by atoms with Crippen molar-refractivity contribution < 1.29 is 140 Å². The minimum atomic E-state index is -2.19. The van der Waals surface area contributed by atoms with Crippen LogP contribution in [-0.4, -0.2) is 205 Å². The molecule has 1 aromatic heterocycles. The van der Waals surface area contributed by atoms with Gasteiger partial charge < -0.3 is 82.2 Å². The van der Waals surface area contributed by atoms with Gasteiger partial charge in [-0.3, -0.25) is 43.4 Å². The summed E-state index contributed by atoms with van der Waals surface area (Å²) < 4.78 is 56.0. The zero-order valence-corrected chi connectivity index (χ0v) is 83.2. The number of nitrogen functional groups attached to an aromatic ring is 1. The number of amides is 6. The Morgan fingerprint density at radius 3 is 1.47 bits per heavy atom. The molecule has 2 fully saturated rings. The molecule has 2 saturated heterocycles. The van der Waals surface area contributed by atoms with Crippen LogP contribution in [0.25, 0.3) is 0 Å². The molecule has 3 aromatic rings. The van der Waals surface area contributed by atoms with Gasteiger partial charge in [-0.1, -0.05) is 117 Å². The van der Waals surface area contributed by atoms with Gasteiger partial charge in [0.05, 0.1) is 67.2 Å². The van der Waals surface area contributed by atoms with Crippen molar-refractivity contribution in [3.8, 4) is 0 Å². The van der Waals surface area contributed by atoms with E-state index < -0.39 is 131 Å². The van der Waals surface area contributed by atoms with Gasteiger partial charge in [0, 0.05) is 56.0 Å². The van der Waals surface area contributed by atoms with Crippen molar-refractivity contribution in [3.05, 3.63) is 86.4 Å². The number of nitrogens with two attached hydrogens (primary N) is 6. The molecule has 6 amide bonds. The van der Waals surface area contributed by atoms with E-state index >= 15 is 0 Å². The maximum Gasteiger partial charge on any atom is 0.335 e. The van der Waals surface area contributed by atoms with Gasteiger partial charge in [0.1, 0.15) is 36.3 Å². The number of aliphatic imine (C=N–C) groups is 1. The Morgan fingerprint density at radius 1 is 0.658 bits per heavy atom. The van der Waals surface area contributed by atoms with E-state index in [0.717, 1.165) is 10.6 Å². The molecule has 7 atom stereocenters. The van der Waals surface area contributed by atoms with Crippen molar-refractivity contribution in [2.24, 2.45) is 33.8 Å². The average molecular weight is 1980 g/mol. The van der Waals surface area contributed by atoms with E-state index in [2.05, 4.69) is 174 Å². The second kappa shape index (κ2) is 49.4. The molecule has 0 spiro atoms.